The fraction of sp³-hybridized carbons (Fsp3) is 0.250. The molecule has 0 radical (unpaired) electrons. The Labute approximate surface area is 88.4 Å². The molecule has 4 N–H and O–H groups in total. The van der Waals surface area contributed by atoms with Crippen molar-refractivity contribution >= 4 is 13.8 Å². The van der Waals surface area contributed by atoms with E-state index in [-0.39, 0.29) is 32.9 Å². The molecule has 0 aromatic carbocycles. The van der Waals surface area contributed by atoms with Crippen LogP contribution in [-0.2, 0) is 32.7 Å². The van der Waals surface area contributed by atoms with Crippen molar-refractivity contribution in [2.24, 2.45) is 7.05 Å². The molecule has 13 heavy (non-hydrogen) atoms. The van der Waals surface area contributed by atoms with Gasteiger partial charge in [0.05, 0.1) is 6.20 Å². The molecule has 0 atom stereocenters. The predicted octanol–water partition coefficient (Wildman–Crippen LogP) is -0.529. The van der Waals surface area contributed by atoms with Gasteiger partial charge in [-0.15, -0.1) is 0 Å². The van der Waals surface area contributed by atoms with Crippen LogP contribution >= 0.6 is 7.82 Å². The van der Waals surface area contributed by atoms with Crippen LogP contribution in [0, 0.1) is 0 Å². The normalized spacial score (nSPS) is 10.7. The van der Waals surface area contributed by atoms with Crippen LogP contribution in [0.1, 0.15) is 0 Å². The Morgan fingerprint density at radius 3 is 2.54 bits per heavy atom. The Morgan fingerprint density at radius 2 is 2.23 bits per heavy atom. The molecule has 0 spiro atoms. The van der Waals surface area contributed by atoms with E-state index in [4.69, 9.17) is 15.5 Å². The Hall–Kier alpha value is -0.352. The maximum atomic E-state index is 10.3. The summed E-state index contributed by atoms with van der Waals surface area (Å²) < 4.78 is 15.8. The van der Waals surface area contributed by atoms with Crippen molar-refractivity contribution in [3.8, 4) is 5.88 Å². The average molecular weight is 289 g/mol. The van der Waals surface area contributed by atoms with Crippen molar-refractivity contribution in [3.63, 3.8) is 0 Å². The zero-order valence-electron chi connectivity index (χ0n) is 6.62. The number of imidazole rings is 1. The van der Waals surface area contributed by atoms with Crippen LogP contribution in [-0.4, -0.2) is 19.3 Å². The van der Waals surface area contributed by atoms with E-state index >= 15 is 0 Å². The molecule has 0 aliphatic heterocycles. The Morgan fingerprint density at radius 1 is 1.69 bits per heavy atom. The minimum Gasteiger partial charge on any atom is -0.384 e. The van der Waals surface area contributed by atoms with Gasteiger partial charge in [0.15, 0.2) is 0 Å². The molecule has 0 fully saturated rings. The van der Waals surface area contributed by atoms with Crippen LogP contribution in [0.2, 0.25) is 0 Å². The fourth-order valence-corrected chi connectivity index (χ4v) is 0.950. The number of aromatic nitrogens is 2. The van der Waals surface area contributed by atoms with Crippen LogP contribution in [0.5, 0.6) is 5.88 Å². The standard InChI is InChI=1S/C4H8N3O4P.Mo/c1-7-2-3(6-4(7)5)11-12(8,9)10;/h2H,1H3,(H2,5,6)(H2,8,9,10);. The zero-order chi connectivity index (χ0) is 9.35. The molecule has 0 saturated heterocycles. The molecule has 1 heterocycles. The number of rotatable bonds is 2. The first-order chi connectivity index (χ1) is 5.38. The predicted molar refractivity (Wildman–Crippen MR) is 40.3 cm³/mol. The molecule has 1 rings (SSSR count). The molecule has 0 amide bonds. The smallest absolute Gasteiger partial charge is 0.384 e. The van der Waals surface area contributed by atoms with E-state index in [0.29, 0.717) is 0 Å². The van der Waals surface area contributed by atoms with Crippen molar-refractivity contribution < 1.29 is 39.9 Å². The SMILES string of the molecule is Cn1cc(OP(=O)(O)O)nc1N.[Mo]. The molecule has 1 aromatic rings. The molecular weight excluding hydrogens is 281 g/mol. The third-order valence-electron chi connectivity index (χ3n) is 1.10. The van der Waals surface area contributed by atoms with E-state index in [1.54, 1.807) is 7.05 Å². The second-order valence-electron chi connectivity index (χ2n) is 2.13. The maximum Gasteiger partial charge on any atom is 0.526 e. The van der Waals surface area contributed by atoms with Gasteiger partial charge in [-0.05, 0) is 0 Å². The summed E-state index contributed by atoms with van der Waals surface area (Å²) in [5.74, 6) is -0.0678. The number of nitrogen functional groups attached to an aromatic ring is 1. The molecule has 0 bridgehead atoms. The summed E-state index contributed by atoms with van der Waals surface area (Å²) >= 11 is 0. The number of hydrogen-bond donors (Lipinski definition) is 3. The number of nitrogens with two attached hydrogens (primary N) is 1. The van der Waals surface area contributed by atoms with Crippen LogP contribution in [0.4, 0.5) is 5.95 Å². The van der Waals surface area contributed by atoms with Gasteiger partial charge in [-0.2, -0.15) is 4.98 Å². The number of aryl methyl sites for hydroxylation is 1. The third kappa shape index (κ3) is 3.91. The maximum absolute atomic E-state index is 10.3. The number of phosphoric acid groups is 1. The summed E-state index contributed by atoms with van der Waals surface area (Å²) in [7, 11) is -2.95. The monoisotopic (exact) mass is 291 g/mol. The van der Waals surface area contributed by atoms with Crippen LogP contribution in [0.3, 0.4) is 0 Å². The van der Waals surface area contributed by atoms with E-state index in [1.807, 2.05) is 0 Å². The molecule has 0 aliphatic carbocycles. The van der Waals surface area contributed by atoms with Crippen molar-refractivity contribution in [2.75, 3.05) is 5.73 Å². The first-order valence-corrected chi connectivity index (χ1v) is 4.45. The molecule has 0 aliphatic rings. The summed E-state index contributed by atoms with van der Waals surface area (Å²) in [6.45, 7) is 0. The quantitative estimate of drug-likeness (QED) is 0.498. The average Bonchev–Trinajstić information content (AvgIpc) is 2.07. The zero-order valence-corrected chi connectivity index (χ0v) is 9.52. The second-order valence-corrected chi connectivity index (χ2v) is 3.29. The molecule has 7 nitrogen and oxygen atoms in total. The van der Waals surface area contributed by atoms with Crippen molar-refractivity contribution in [2.45, 2.75) is 0 Å². The van der Waals surface area contributed by atoms with Crippen molar-refractivity contribution in [1.29, 1.82) is 0 Å². The van der Waals surface area contributed by atoms with Crippen LogP contribution < -0.4 is 10.3 Å². The van der Waals surface area contributed by atoms with E-state index in [1.165, 1.54) is 10.8 Å². The molecule has 74 valence electrons. The number of nitrogens with zero attached hydrogens (tertiary/aromatic N) is 2. The molecule has 0 unspecified atom stereocenters. The summed E-state index contributed by atoms with van der Waals surface area (Å²) in [6.07, 6.45) is 1.27. The summed E-state index contributed by atoms with van der Waals surface area (Å²) in [5, 5.41) is 0. The van der Waals surface area contributed by atoms with Gasteiger partial charge < -0.3 is 14.8 Å². The van der Waals surface area contributed by atoms with Gasteiger partial charge >= 0.3 is 7.82 Å². The van der Waals surface area contributed by atoms with Crippen molar-refractivity contribution in [3.05, 3.63) is 6.20 Å². The van der Waals surface area contributed by atoms with E-state index in [9.17, 15) is 4.57 Å². The number of phosphoric ester groups is 1. The van der Waals surface area contributed by atoms with Gasteiger partial charge in [-0.3, -0.25) is 9.79 Å². The molecule has 0 saturated carbocycles. The van der Waals surface area contributed by atoms with E-state index in [0.717, 1.165) is 0 Å². The van der Waals surface area contributed by atoms with Gasteiger partial charge in [-0.25, -0.2) is 4.57 Å². The van der Waals surface area contributed by atoms with E-state index in [2.05, 4.69) is 9.51 Å². The minimum atomic E-state index is -4.53. The molecular formula is C4H8MoN3O4P. The topological polar surface area (TPSA) is 111 Å². The molecule has 9 heteroatoms. The van der Waals surface area contributed by atoms with Crippen molar-refractivity contribution in [1.82, 2.24) is 9.55 Å². The number of hydrogen-bond acceptors (Lipinski definition) is 4. The fourth-order valence-electron chi connectivity index (χ4n) is 0.618. The van der Waals surface area contributed by atoms with Gasteiger partial charge in [0, 0.05) is 28.1 Å². The van der Waals surface area contributed by atoms with Crippen LogP contribution in [0.25, 0.3) is 0 Å². The van der Waals surface area contributed by atoms with E-state index < -0.39 is 7.82 Å². The van der Waals surface area contributed by atoms with Gasteiger partial charge in [0.2, 0.25) is 11.8 Å². The molecule has 1 aromatic heterocycles. The summed E-state index contributed by atoms with van der Waals surface area (Å²) in [4.78, 5) is 20.3. The second kappa shape index (κ2) is 4.24. The van der Waals surface area contributed by atoms with Gasteiger partial charge in [-0.1, -0.05) is 0 Å². The third-order valence-corrected chi connectivity index (χ3v) is 1.53. The van der Waals surface area contributed by atoms with Gasteiger partial charge in [0.1, 0.15) is 0 Å². The van der Waals surface area contributed by atoms with Gasteiger partial charge in [0.25, 0.3) is 0 Å². The Balaban J connectivity index is 0.00000144. The largest absolute Gasteiger partial charge is 0.526 e. The Kier molecular flexibility index (Phi) is 4.13. The minimum absolute atomic E-state index is 0. The summed E-state index contributed by atoms with van der Waals surface area (Å²) in [5.41, 5.74) is 5.28. The first-order valence-electron chi connectivity index (χ1n) is 2.92. The Bertz CT molecular complexity index is 315. The first kappa shape index (κ1) is 12.6. The van der Waals surface area contributed by atoms with Crippen LogP contribution in [0.15, 0.2) is 6.20 Å². The number of anilines is 1. The summed E-state index contributed by atoms with van der Waals surface area (Å²) in [6, 6.07) is 0.